The van der Waals surface area contributed by atoms with E-state index in [0.29, 0.717) is 0 Å². The molecule has 0 aliphatic carbocycles. The molecular formula is C19H18F6N2O. The number of halogens is 6. The van der Waals surface area contributed by atoms with Crippen LogP contribution in [0.1, 0.15) is 48.2 Å². The number of amides is 2. The molecule has 2 aromatic carbocycles. The zero-order valence-electron chi connectivity index (χ0n) is 14.9. The van der Waals surface area contributed by atoms with Gasteiger partial charge in [0.2, 0.25) is 0 Å². The Morgan fingerprint density at radius 3 is 1.43 bits per heavy atom. The van der Waals surface area contributed by atoms with Crippen LogP contribution in [-0.4, -0.2) is 6.03 Å². The van der Waals surface area contributed by atoms with Gasteiger partial charge in [-0.2, -0.15) is 26.3 Å². The van der Waals surface area contributed by atoms with E-state index in [9.17, 15) is 31.1 Å². The average molecular weight is 404 g/mol. The smallest absolute Gasteiger partial charge is 0.332 e. The van der Waals surface area contributed by atoms with E-state index >= 15 is 0 Å². The molecule has 0 aromatic heterocycles. The third-order valence-electron chi connectivity index (χ3n) is 4.12. The highest BCUT2D eigenvalue weighted by molar-refractivity contribution is 5.75. The Labute approximate surface area is 157 Å². The summed E-state index contributed by atoms with van der Waals surface area (Å²) in [6, 6.07) is 6.87. The fourth-order valence-electron chi connectivity index (χ4n) is 2.57. The molecule has 9 heteroatoms. The number of nitrogens with one attached hydrogen (secondary N) is 2. The number of rotatable bonds is 4. The lowest BCUT2D eigenvalue weighted by molar-refractivity contribution is -0.138. The Balaban J connectivity index is 2.04. The lowest BCUT2D eigenvalue weighted by atomic mass is 10.0. The van der Waals surface area contributed by atoms with E-state index in [-0.39, 0.29) is 11.1 Å². The highest BCUT2D eigenvalue weighted by atomic mass is 19.4. The van der Waals surface area contributed by atoms with E-state index in [1.54, 1.807) is 0 Å². The SMILES string of the molecule is C[C@@H](NC(=O)N[C@H](C)c1cccc(C(F)(F)F)c1)c1cccc(C(F)(F)F)c1. The Morgan fingerprint density at radius 1 is 0.750 bits per heavy atom. The fourth-order valence-corrected chi connectivity index (χ4v) is 2.57. The van der Waals surface area contributed by atoms with Gasteiger partial charge in [-0.25, -0.2) is 4.79 Å². The van der Waals surface area contributed by atoms with Crippen molar-refractivity contribution in [1.82, 2.24) is 10.6 Å². The van der Waals surface area contributed by atoms with Crippen LogP contribution in [0.15, 0.2) is 48.5 Å². The lowest BCUT2D eigenvalue weighted by Crippen LogP contribution is -2.38. The van der Waals surface area contributed by atoms with Crippen LogP contribution in [0.25, 0.3) is 0 Å². The molecule has 2 rings (SSSR count). The third-order valence-corrected chi connectivity index (χ3v) is 4.12. The van der Waals surface area contributed by atoms with Crippen LogP contribution in [-0.2, 0) is 12.4 Å². The molecule has 0 aliphatic heterocycles. The third kappa shape index (κ3) is 5.64. The van der Waals surface area contributed by atoms with Crippen LogP contribution in [0, 0.1) is 0 Å². The van der Waals surface area contributed by atoms with Gasteiger partial charge in [0, 0.05) is 0 Å². The maximum absolute atomic E-state index is 12.8. The summed E-state index contributed by atoms with van der Waals surface area (Å²) >= 11 is 0. The van der Waals surface area contributed by atoms with Crippen LogP contribution < -0.4 is 10.6 Å². The van der Waals surface area contributed by atoms with E-state index in [2.05, 4.69) is 10.6 Å². The van der Waals surface area contributed by atoms with Crippen LogP contribution in [0.3, 0.4) is 0 Å². The molecule has 3 nitrogen and oxygen atoms in total. The van der Waals surface area contributed by atoms with Crippen LogP contribution in [0.2, 0.25) is 0 Å². The molecule has 0 bridgehead atoms. The van der Waals surface area contributed by atoms with Gasteiger partial charge in [-0.15, -0.1) is 0 Å². The molecule has 0 heterocycles. The molecule has 0 aliphatic rings. The van der Waals surface area contributed by atoms with Crippen LogP contribution >= 0.6 is 0 Å². The van der Waals surface area contributed by atoms with Gasteiger partial charge >= 0.3 is 18.4 Å². The minimum atomic E-state index is -4.50. The van der Waals surface area contributed by atoms with E-state index in [0.717, 1.165) is 24.3 Å². The first-order chi connectivity index (χ1) is 12.9. The minimum absolute atomic E-state index is 0.247. The van der Waals surface area contributed by atoms with Gasteiger partial charge in [0.05, 0.1) is 23.2 Å². The van der Waals surface area contributed by atoms with Gasteiger partial charge in [-0.3, -0.25) is 0 Å². The second-order valence-electron chi connectivity index (χ2n) is 6.31. The number of carbonyl (C=O) groups is 1. The molecule has 2 atom stereocenters. The first-order valence-corrected chi connectivity index (χ1v) is 8.29. The summed E-state index contributed by atoms with van der Waals surface area (Å²) < 4.78 is 76.7. The molecule has 0 unspecified atom stereocenters. The monoisotopic (exact) mass is 404 g/mol. The number of carbonyl (C=O) groups excluding carboxylic acids is 1. The summed E-state index contributed by atoms with van der Waals surface area (Å²) in [5, 5.41) is 4.96. The van der Waals surface area contributed by atoms with Gasteiger partial charge in [0.25, 0.3) is 0 Å². The van der Waals surface area contributed by atoms with Crippen molar-refractivity contribution >= 4 is 6.03 Å². The quantitative estimate of drug-likeness (QED) is 0.617. The molecule has 152 valence electrons. The molecule has 2 N–H and O–H groups in total. The van der Waals surface area contributed by atoms with Gasteiger partial charge in [-0.05, 0) is 49.2 Å². The Hall–Kier alpha value is -2.71. The van der Waals surface area contributed by atoms with Crippen molar-refractivity contribution in [2.45, 2.75) is 38.3 Å². The lowest BCUT2D eigenvalue weighted by Gasteiger charge is -2.20. The average Bonchev–Trinajstić information content (AvgIpc) is 2.60. The molecule has 28 heavy (non-hydrogen) atoms. The molecular weight excluding hydrogens is 386 g/mol. The first-order valence-electron chi connectivity index (χ1n) is 8.29. The summed E-state index contributed by atoms with van der Waals surface area (Å²) in [6.07, 6.45) is -9.01. The number of hydrogen-bond donors (Lipinski definition) is 2. The van der Waals surface area contributed by atoms with Gasteiger partial charge in [0.15, 0.2) is 0 Å². The molecule has 0 radical (unpaired) electrons. The van der Waals surface area contributed by atoms with Gasteiger partial charge in [-0.1, -0.05) is 24.3 Å². The van der Waals surface area contributed by atoms with Crippen molar-refractivity contribution < 1.29 is 31.1 Å². The highest BCUT2D eigenvalue weighted by Crippen LogP contribution is 2.31. The number of hydrogen-bond acceptors (Lipinski definition) is 1. The van der Waals surface area contributed by atoms with E-state index in [4.69, 9.17) is 0 Å². The second kappa shape index (κ2) is 8.12. The maximum atomic E-state index is 12.8. The highest BCUT2D eigenvalue weighted by Gasteiger charge is 2.31. The summed E-state index contributed by atoms with van der Waals surface area (Å²) in [6.45, 7) is 3.01. The van der Waals surface area contributed by atoms with Crippen molar-refractivity contribution in [3.8, 4) is 0 Å². The van der Waals surface area contributed by atoms with Gasteiger partial charge in [0.1, 0.15) is 0 Å². The predicted molar refractivity (Wildman–Crippen MR) is 91.4 cm³/mol. The number of alkyl halides is 6. The number of urea groups is 1. The van der Waals surface area contributed by atoms with E-state index in [1.807, 2.05) is 0 Å². The van der Waals surface area contributed by atoms with Crippen molar-refractivity contribution in [3.05, 3.63) is 70.8 Å². The molecule has 0 spiro atoms. The summed E-state index contributed by atoms with van der Waals surface area (Å²) in [5.41, 5.74) is -1.18. The molecule has 0 fully saturated rings. The Bertz CT molecular complexity index is 764. The van der Waals surface area contributed by atoms with Crippen molar-refractivity contribution in [2.75, 3.05) is 0 Å². The topological polar surface area (TPSA) is 41.1 Å². The Morgan fingerprint density at radius 2 is 1.11 bits per heavy atom. The second-order valence-corrected chi connectivity index (χ2v) is 6.31. The predicted octanol–water partition coefficient (Wildman–Crippen LogP) is 5.85. The fraction of sp³-hybridized carbons (Fsp3) is 0.316. The Kier molecular flexibility index (Phi) is 6.26. The largest absolute Gasteiger partial charge is 0.416 e. The standard InChI is InChI=1S/C19H18F6N2O/c1-11(13-5-3-7-15(9-13)18(20,21)22)26-17(28)27-12(2)14-6-4-8-16(10-14)19(23,24)25/h3-12H,1-2H3,(H2,26,27,28)/t11-,12-/m1/s1. The van der Waals surface area contributed by atoms with E-state index < -0.39 is 41.6 Å². The van der Waals surface area contributed by atoms with Gasteiger partial charge < -0.3 is 10.6 Å². The minimum Gasteiger partial charge on any atom is -0.332 e. The summed E-state index contributed by atoms with van der Waals surface area (Å²) in [7, 11) is 0. The zero-order valence-corrected chi connectivity index (χ0v) is 14.9. The zero-order chi connectivity index (χ0) is 21.1. The van der Waals surface area contributed by atoms with Crippen molar-refractivity contribution in [1.29, 1.82) is 0 Å². The number of benzene rings is 2. The normalized spacial score (nSPS) is 14.3. The molecule has 2 amide bonds. The molecule has 2 aromatic rings. The molecule has 0 saturated heterocycles. The van der Waals surface area contributed by atoms with Crippen LogP contribution in [0.5, 0.6) is 0 Å². The molecule has 0 saturated carbocycles. The maximum Gasteiger partial charge on any atom is 0.416 e. The van der Waals surface area contributed by atoms with Crippen molar-refractivity contribution in [3.63, 3.8) is 0 Å². The summed E-state index contributed by atoms with van der Waals surface area (Å²) in [4.78, 5) is 12.1. The van der Waals surface area contributed by atoms with Crippen LogP contribution in [0.4, 0.5) is 31.1 Å². The first kappa shape index (κ1) is 21.6. The van der Waals surface area contributed by atoms with Crippen molar-refractivity contribution in [2.24, 2.45) is 0 Å². The summed E-state index contributed by atoms with van der Waals surface area (Å²) in [5.74, 6) is 0. The van der Waals surface area contributed by atoms with E-state index in [1.165, 1.54) is 38.1 Å².